The van der Waals surface area contributed by atoms with Gasteiger partial charge in [-0.2, -0.15) is 5.10 Å². The predicted octanol–water partition coefficient (Wildman–Crippen LogP) is 4.01. The summed E-state index contributed by atoms with van der Waals surface area (Å²) in [6.45, 7) is 10.1. The van der Waals surface area contributed by atoms with Crippen LogP contribution < -0.4 is 10.9 Å². The van der Waals surface area contributed by atoms with Crippen LogP contribution in [0.5, 0.6) is 0 Å². The molecule has 1 saturated carbocycles. The summed E-state index contributed by atoms with van der Waals surface area (Å²) in [5.74, 6) is -0.346. The Morgan fingerprint density at radius 2 is 1.74 bits per heavy atom. The van der Waals surface area contributed by atoms with E-state index in [0.29, 0.717) is 22.7 Å². The molecule has 0 atom stereocenters. The molecule has 162 valence electrons. The van der Waals surface area contributed by atoms with Crippen molar-refractivity contribution >= 4 is 22.8 Å². The van der Waals surface area contributed by atoms with Crippen LogP contribution in [0.3, 0.4) is 0 Å². The number of fused-ring (bicyclic) bond motifs is 1. The van der Waals surface area contributed by atoms with Crippen molar-refractivity contribution in [2.45, 2.75) is 65.3 Å². The number of nitrogens with zero attached hydrogens (tertiary/aromatic N) is 3. The van der Waals surface area contributed by atoms with Crippen LogP contribution in [-0.2, 0) is 12.0 Å². The average Bonchev–Trinajstić information content (AvgIpc) is 3.54. The van der Waals surface area contributed by atoms with Gasteiger partial charge in [0.25, 0.3) is 11.8 Å². The summed E-state index contributed by atoms with van der Waals surface area (Å²) in [6, 6.07) is 9.19. The third-order valence-electron chi connectivity index (χ3n) is 5.62. The molecule has 0 bridgehead atoms. The van der Waals surface area contributed by atoms with Gasteiger partial charge < -0.3 is 0 Å². The summed E-state index contributed by atoms with van der Waals surface area (Å²) < 4.78 is 1.88. The van der Waals surface area contributed by atoms with Crippen molar-refractivity contribution in [2.24, 2.45) is 0 Å². The van der Waals surface area contributed by atoms with Crippen LogP contribution in [-0.4, -0.2) is 26.6 Å². The Morgan fingerprint density at radius 1 is 1.10 bits per heavy atom. The van der Waals surface area contributed by atoms with E-state index in [1.807, 2.05) is 29.8 Å². The van der Waals surface area contributed by atoms with Gasteiger partial charge in [-0.3, -0.25) is 20.4 Å². The van der Waals surface area contributed by atoms with Crippen molar-refractivity contribution in [3.8, 4) is 0 Å². The zero-order chi connectivity index (χ0) is 22.3. The van der Waals surface area contributed by atoms with Crippen molar-refractivity contribution < 1.29 is 9.59 Å². The maximum absolute atomic E-state index is 13.1. The molecule has 2 N–H and O–H groups in total. The van der Waals surface area contributed by atoms with E-state index in [9.17, 15) is 9.59 Å². The molecule has 0 spiro atoms. The summed E-state index contributed by atoms with van der Waals surface area (Å²) in [5, 5.41) is 5.39. The Labute approximate surface area is 182 Å². The molecule has 0 saturated heterocycles. The van der Waals surface area contributed by atoms with Crippen LogP contribution >= 0.6 is 0 Å². The highest BCUT2D eigenvalue weighted by Crippen LogP contribution is 2.40. The van der Waals surface area contributed by atoms with Crippen LogP contribution in [0.25, 0.3) is 11.0 Å². The smallest absolute Gasteiger partial charge is 0.267 e. The molecule has 1 aromatic carbocycles. The maximum atomic E-state index is 13.1. The molecule has 1 fully saturated rings. The zero-order valence-corrected chi connectivity index (χ0v) is 18.7. The molecule has 3 aromatic rings. The number of amides is 2. The lowest BCUT2D eigenvalue weighted by molar-refractivity contribution is 0.0847. The molecule has 2 heterocycles. The van der Waals surface area contributed by atoms with Gasteiger partial charge in [0.2, 0.25) is 0 Å². The number of hydrogen-bond acceptors (Lipinski definition) is 4. The number of hydrazine groups is 1. The average molecular weight is 420 g/mol. The highest BCUT2D eigenvalue weighted by molar-refractivity contribution is 6.07. The van der Waals surface area contributed by atoms with E-state index in [1.165, 1.54) is 0 Å². The van der Waals surface area contributed by atoms with E-state index in [-0.39, 0.29) is 17.4 Å². The van der Waals surface area contributed by atoms with Crippen LogP contribution in [0.15, 0.2) is 30.3 Å². The number of pyridine rings is 1. The first-order valence-corrected chi connectivity index (χ1v) is 10.8. The number of rotatable bonds is 4. The van der Waals surface area contributed by atoms with Gasteiger partial charge >= 0.3 is 0 Å². The number of hydrogen-bond donors (Lipinski definition) is 2. The van der Waals surface area contributed by atoms with Gasteiger partial charge in [-0.05, 0) is 70.7 Å². The largest absolute Gasteiger partial charge is 0.270 e. The second kappa shape index (κ2) is 7.80. The molecule has 0 unspecified atom stereocenters. The molecule has 2 aromatic heterocycles. The van der Waals surface area contributed by atoms with Gasteiger partial charge in [-0.25, -0.2) is 9.67 Å². The molecular weight excluding hydrogens is 390 g/mol. The van der Waals surface area contributed by atoms with Gasteiger partial charge in [-0.15, -0.1) is 0 Å². The number of carbonyl (C=O) groups is 2. The molecule has 31 heavy (non-hydrogen) atoms. The maximum Gasteiger partial charge on any atom is 0.270 e. The number of carbonyl (C=O) groups excluding carboxylic acids is 2. The number of aromatic nitrogens is 3. The van der Waals surface area contributed by atoms with Gasteiger partial charge in [0.15, 0.2) is 5.65 Å². The first kappa shape index (κ1) is 21.0. The van der Waals surface area contributed by atoms with E-state index in [2.05, 4.69) is 43.6 Å². The molecule has 2 amide bonds. The molecule has 0 aliphatic heterocycles. The summed E-state index contributed by atoms with van der Waals surface area (Å²) in [5.41, 5.74) is 9.33. The van der Waals surface area contributed by atoms with E-state index in [1.54, 1.807) is 12.1 Å². The van der Waals surface area contributed by atoms with Crippen molar-refractivity contribution in [3.63, 3.8) is 0 Å². The van der Waals surface area contributed by atoms with E-state index >= 15 is 0 Å². The van der Waals surface area contributed by atoms with E-state index in [0.717, 1.165) is 41.6 Å². The molecule has 1 aliphatic carbocycles. The standard InChI is InChI=1S/C24H29N5O2/c1-6-15-7-9-17(10-8-15)22(30)26-27-23(31)18-13-19(16-11-12-16)25-21-20(18)14(2)28-29(21)24(3,4)5/h7-10,13,16H,6,11-12H2,1-5H3,(H,26,30)(H,27,31). The highest BCUT2D eigenvalue weighted by atomic mass is 16.2. The Hall–Kier alpha value is -3.22. The van der Waals surface area contributed by atoms with Crippen LogP contribution in [0, 0.1) is 6.92 Å². The predicted molar refractivity (Wildman–Crippen MR) is 120 cm³/mol. The van der Waals surface area contributed by atoms with Crippen molar-refractivity contribution in [1.29, 1.82) is 0 Å². The van der Waals surface area contributed by atoms with Crippen molar-refractivity contribution in [2.75, 3.05) is 0 Å². The molecule has 7 nitrogen and oxygen atoms in total. The SMILES string of the molecule is CCc1ccc(C(=O)NNC(=O)c2cc(C3CC3)nc3c2c(C)nn3C(C)(C)C)cc1. The fourth-order valence-corrected chi connectivity index (χ4v) is 3.69. The molecule has 4 rings (SSSR count). The lowest BCUT2D eigenvalue weighted by Crippen LogP contribution is -2.41. The molecule has 1 aliphatic rings. The highest BCUT2D eigenvalue weighted by Gasteiger charge is 2.30. The van der Waals surface area contributed by atoms with Crippen molar-refractivity contribution in [3.05, 3.63) is 58.4 Å². The molecule has 0 radical (unpaired) electrons. The van der Waals surface area contributed by atoms with Crippen molar-refractivity contribution in [1.82, 2.24) is 25.6 Å². The first-order chi connectivity index (χ1) is 14.7. The number of nitrogens with one attached hydrogen (secondary N) is 2. The normalized spacial score (nSPS) is 14.0. The fourth-order valence-electron chi connectivity index (χ4n) is 3.69. The number of aryl methyl sites for hydroxylation is 2. The minimum Gasteiger partial charge on any atom is -0.267 e. The first-order valence-electron chi connectivity index (χ1n) is 10.8. The van der Waals surface area contributed by atoms with Gasteiger partial charge in [-0.1, -0.05) is 19.1 Å². The molecular formula is C24H29N5O2. The second-order valence-electron chi connectivity index (χ2n) is 9.19. The van der Waals surface area contributed by atoms with E-state index in [4.69, 9.17) is 4.98 Å². The topological polar surface area (TPSA) is 88.9 Å². The Bertz CT molecular complexity index is 1150. The van der Waals surface area contributed by atoms with Gasteiger partial charge in [0, 0.05) is 17.2 Å². The number of benzene rings is 1. The Balaban J connectivity index is 1.64. The quantitative estimate of drug-likeness (QED) is 0.626. The van der Waals surface area contributed by atoms with Crippen LogP contribution in [0.4, 0.5) is 0 Å². The summed E-state index contributed by atoms with van der Waals surface area (Å²) in [4.78, 5) is 30.4. The van der Waals surface area contributed by atoms with Gasteiger partial charge in [0.1, 0.15) is 0 Å². The lowest BCUT2D eigenvalue weighted by atomic mass is 10.1. The second-order valence-corrected chi connectivity index (χ2v) is 9.19. The molecule has 7 heteroatoms. The Morgan fingerprint density at radius 3 is 2.32 bits per heavy atom. The minimum absolute atomic E-state index is 0.270. The Kier molecular flexibility index (Phi) is 5.29. The van der Waals surface area contributed by atoms with Gasteiger partial charge in [0.05, 0.1) is 22.2 Å². The summed E-state index contributed by atoms with van der Waals surface area (Å²) >= 11 is 0. The summed E-state index contributed by atoms with van der Waals surface area (Å²) in [7, 11) is 0. The van der Waals surface area contributed by atoms with E-state index < -0.39 is 0 Å². The minimum atomic E-state index is -0.371. The third kappa shape index (κ3) is 4.17. The summed E-state index contributed by atoms with van der Waals surface area (Å²) in [6.07, 6.45) is 3.06. The van der Waals surface area contributed by atoms with Crippen LogP contribution in [0.1, 0.15) is 84.1 Å². The lowest BCUT2D eigenvalue weighted by Gasteiger charge is -2.20. The fraction of sp³-hybridized carbons (Fsp3) is 0.417. The van der Waals surface area contributed by atoms with Crippen LogP contribution in [0.2, 0.25) is 0 Å². The zero-order valence-electron chi connectivity index (χ0n) is 18.7. The third-order valence-corrected chi connectivity index (χ3v) is 5.62. The monoisotopic (exact) mass is 419 g/mol.